The maximum Gasteiger partial charge on any atom is 0.274 e. The number of hydrogen-bond donors (Lipinski definition) is 0. The molecule has 1 aliphatic carbocycles. The SMILES string of the molecule is Cc1cnc(-c2cccc(S(C)(=O)=O)c2C)c(F)c1-n1c(C)cc([C@H]2C[C@@H]2c2cncc(F)c2)c(Cl)c1=O. The molecule has 4 aromatic rings. The summed E-state index contributed by atoms with van der Waals surface area (Å²) in [5.74, 6) is -1.28. The standard InChI is InChI=1S/C28H24ClF2N3O3S/c1-14-11-33-26(19-6-5-7-23(16(19)3)38(4,36)37)25(31)27(14)34-15(2)8-22(24(29)28(34)35)21-10-20(21)17-9-18(30)13-32-12-17/h5-9,11-13,20-21H,10H2,1-4H3/t20-,21+/m1/s1. The van der Waals surface area contributed by atoms with Gasteiger partial charge in [-0.1, -0.05) is 23.7 Å². The quantitative estimate of drug-likeness (QED) is 0.310. The summed E-state index contributed by atoms with van der Waals surface area (Å²) < 4.78 is 55.5. The molecule has 2 atom stereocenters. The maximum absolute atomic E-state index is 16.1. The molecule has 3 heterocycles. The average Bonchev–Trinajstić information content (AvgIpc) is 3.64. The topological polar surface area (TPSA) is 81.9 Å². The molecule has 10 heteroatoms. The maximum atomic E-state index is 16.1. The molecule has 196 valence electrons. The third kappa shape index (κ3) is 4.43. The first-order valence-corrected chi connectivity index (χ1v) is 14.1. The predicted molar refractivity (Wildman–Crippen MR) is 142 cm³/mol. The first-order chi connectivity index (χ1) is 17.9. The van der Waals surface area contributed by atoms with Crippen LogP contribution < -0.4 is 5.56 Å². The number of benzene rings is 1. The Hall–Kier alpha value is -3.43. The van der Waals surface area contributed by atoms with Crippen molar-refractivity contribution in [1.82, 2.24) is 14.5 Å². The number of sulfone groups is 1. The lowest BCUT2D eigenvalue weighted by Crippen LogP contribution is -2.24. The minimum Gasteiger partial charge on any atom is -0.277 e. The van der Waals surface area contributed by atoms with Gasteiger partial charge in [0, 0.05) is 29.9 Å². The van der Waals surface area contributed by atoms with Crippen molar-refractivity contribution in [2.75, 3.05) is 6.26 Å². The summed E-state index contributed by atoms with van der Waals surface area (Å²) in [5, 5.41) is -0.0279. The van der Waals surface area contributed by atoms with Crippen LogP contribution in [0, 0.1) is 32.4 Å². The Labute approximate surface area is 223 Å². The monoisotopic (exact) mass is 555 g/mol. The van der Waals surface area contributed by atoms with Crippen LogP contribution in [0.2, 0.25) is 5.02 Å². The second kappa shape index (κ2) is 9.39. The van der Waals surface area contributed by atoms with Crippen molar-refractivity contribution in [3.05, 3.63) is 104 Å². The third-order valence-electron chi connectivity index (χ3n) is 7.04. The Morgan fingerprint density at radius 1 is 1.05 bits per heavy atom. The molecule has 1 saturated carbocycles. The van der Waals surface area contributed by atoms with Gasteiger partial charge < -0.3 is 0 Å². The Bertz CT molecular complexity index is 1790. The Kier molecular flexibility index (Phi) is 6.47. The molecule has 1 aromatic carbocycles. The lowest BCUT2D eigenvalue weighted by atomic mass is 10.0. The van der Waals surface area contributed by atoms with Gasteiger partial charge in [-0.3, -0.25) is 19.3 Å². The molecule has 0 N–H and O–H groups in total. The lowest BCUT2D eigenvalue weighted by Gasteiger charge is -2.18. The van der Waals surface area contributed by atoms with Gasteiger partial charge in [-0.25, -0.2) is 17.2 Å². The van der Waals surface area contributed by atoms with E-state index in [1.54, 1.807) is 39.1 Å². The summed E-state index contributed by atoms with van der Waals surface area (Å²) >= 11 is 6.57. The van der Waals surface area contributed by atoms with Gasteiger partial charge in [-0.2, -0.15) is 0 Å². The second-order valence-electron chi connectivity index (χ2n) is 9.73. The van der Waals surface area contributed by atoms with Crippen LogP contribution in [0.4, 0.5) is 8.78 Å². The van der Waals surface area contributed by atoms with E-state index < -0.39 is 27.0 Å². The molecule has 0 saturated heterocycles. The summed E-state index contributed by atoms with van der Waals surface area (Å²) in [7, 11) is -3.55. The molecular weight excluding hydrogens is 532 g/mol. The van der Waals surface area contributed by atoms with Crippen molar-refractivity contribution in [1.29, 1.82) is 0 Å². The van der Waals surface area contributed by atoms with Crippen LogP contribution in [-0.4, -0.2) is 29.2 Å². The van der Waals surface area contributed by atoms with Gasteiger partial charge in [-0.15, -0.1) is 0 Å². The highest BCUT2D eigenvalue weighted by Gasteiger charge is 2.42. The van der Waals surface area contributed by atoms with E-state index in [1.165, 1.54) is 29.0 Å². The molecule has 0 unspecified atom stereocenters. The Morgan fingerprint density at radius 2 is 1.79 bits per heavy atom. The summed E-state index contributed by atoms with van der Waals surface area (Å²) in [6.45, 7) is 4.92. The fourth-order valence-corrected chi connectivity index (χ4v) is 6.39. The summed E-state index contributed by atoms with van der Waals surface area (Å²) in [4.78, 5) is 21.8. The van der Waals surface area contributed by atoms with Crippen molar-refractivity contribution in [2.45, 2.75) is 43.9 Å². The molecule has 1 fully saturated rings. The number of aromatic nitrogens is 3. The highest BCUT2D eigenvalue weighted by Crippen LogP contribution is 2.55. The highest BCUT2D eigenvalue weighted by molar-refractivity contribution is 7.90. The summed E-state index contributed by atoms with van der Waals surface area (Å²) in [5.41, 5.74) is 2.27. The van der Waals surface area contributed by atoms with E-state index in [0.29, 0.717) is 34.4 Å². The van der Waals surface area contributed by atoms with Gasteiger partial charge >= 0.3 is 0 Å². The molecule has 6 nitrogen and oxygen atoms in total. The Morgan fingerprint density at radius 3 is 2.47 bits per heavy atom. The zero-order valence-corrected chi connectivity index (χ0v) is 22.7. The first kappa shape index (κ1) is 26.2. The number of pyridine rings is 3. The van der Waals surface area contributed by atoms with Crippen LogP contribution in [0.5, 0.6) is 0 Å². The van der Waals surface area contributed by atoms with Gasteiger partial charge in [-0.05, 0) is 79.5 Å². The van der Waals surface area contributed by atoms with Gasteiger partial charge in [0.25, 0.3) is 5.56 Å². The fourth-order valence-electron chi connectivity index (χ4n) is 5.12. The van der Waals surface area contributed by atoms with Crippen LogP contribution in [0.25, 0.3) is 16.9 Å². The molecule has 0 aliphatic heterocycles. The van der Waals surface area contributed by atoms with E-state index >= 15 is 4.39 Å². The van der Waals surface area contributed by atoms with Crippen LogP contribution >= 0.6 is 11.6 Å². The highest BCUT2D eigenvalue weighted by atomic mass is 35.5. The van der Waals surface area contributed by atoms with Crippen LogP contribution in [0.1, 0.15) is 46.2 Å². The molecule has 38 heavy (non-hydrogen) atoms. The number of nitrogens with zero attached hydrogens (tertiary/aromatic N) is 3. The molecule has 1 aliphatic rings. The van der Waals surface area contributed by atoms with E-state index in [1.807, 2.05) is 0 Å². The fraction of sp³-hybridized carbons (Fsp3) is 0.250. The van der Waals surface area contributed by atoms with E-state index in [9.17, 15) is 17.6 Å². The van der Waals surface area contributed by atoms with Gasteiger partial charge in [0.2, 0.25) is 0 Å². The van der Waals surface area contributed by atoms with E-state index in [-0.39, 0.29) is 33.1 Å². The van der Waals surface area contributed by atoms with E-state index in [0.717, 1.165) is 18.0 Å². The predicted octanol–water partition coefficient (Wildman–Crippen LogP) is 5.83. The van der Waals surface area contributed by atoms with Crippen LogP contribution in [0.3, 0.4) is 0 Å². The molecule has 0 bridgehead atoms. The van der Waals surface area contributed by atoms with Gasteiger partial charge in [0.15, 0.2) is 15.7 Å². The zero-order valence-electron chi connectivity index (χ0n) is 21.1. The third-order valence-corrected chi connectivity index (χ3v) is 8.67. The molecule has 0 spiro atoms. The van der Waals surface area contributed by atoms with Crippen molar-refractivity contribution in [3.63, 3.8) is 0 Å². The van der Waals surface area contributed by atoms with Crippen molar-refractivity contribution in [3.8, 4) is 16.9 Å². The second-order valence-corrected chi connectivity index (χ2v) is 12.1. The van der Waals surface area contributed by atoms with Crippen LogP contribution in [-0.2, 0) is 9.84 Å². The number of aryl methyl sites for hydroxylation is 2. The van der Waals surface area contributed by atoms with Crippen molar-refractivity contribution < 1.29 is 17.2 Å². The largest absolute Gasteiger partial charge is 0.277 e. The van der Waals surface area contributed by atoms with Gasteiger partial charge in [0.05, 0.1) is 16.8 Å². The summed E-state index contributed by atoms with van der Waals surface area (Å²) in [6, 6.07) is 7.77. The first-order valence-electron chi connectivity index (χ1n) is 11.9. The van der Waals surface area contributed by atoms with Crippen molar-refractivity contribution in [2.24, 2.45) is 0 Å². The molecule has 0 radical (unpaired) electrons. The van der Waals surface area contributed by atoms with Crippen LogP contribution in [0.15, 0.2) is 58.6 Å². The molecule has 5 rings (SSSR count). The smallest absolute Gasteiger partial charge is 0.274 e. The van der Waals surface area contributed by atoms with Crippen molar-refractivity contribution >= 4 is 21.4 Å². The minimum absolute atomic E-state index is 0.00298. The average molecular weight is 556 g/mol. The van der Waals surface area contributed by atoms with Gasteiger partial charge in [0.1, 0.15) is 16.5 Å². The zero-order chi connectivity index (χ0) is 27.5. The lowest BCUT2D eigenvalue weighted by molar-refractivity contribution is 0.600. The minimum atomic E-state index is -3.55. The molecule has 3 aromatic heterocycles. The Balaban J connectivity index is 1.62. The number of rotatable bonds is 5. The number of hydrogen-bond acceptors (Lipinski definition) is 5. The molecular formula is C28H24ClF2N3O3S. The molecule has 0 amide bonds. The van der Waals surface area contributed by atoms with E-state index in [4.69, 9.17) is 11.6 Å². The van der Waals surface area contributed by atoms with E-state index in [2.05, 4.69) is 9.97 Å². The summed E-state index contributed by atoms with van der Waals surface area (Å²) in [6.07, 6.45) is 5.97. The normalized spacial score (nSPS) is 17.0. The number of halogens is 3.